The predicted molar refractivity (Wildman–Crippen MR) is 227 cm³/mol. The summed E-state index contributed by atoms with van der Waals surface area (Å²) >= 11 is 0. The van der Waals surface area contributed by atoms with Crippen LogP contribution in [0.5, 0.6) is 23.0 Å². The van der Waals surface area contributed by atoms with Crippen molar-refractivity contribution in [2.75, 3.05) is 66.1 Å². The van der Waals surface area contributed by atoms with Gasteiger partial charge in [-0.15, -0.1) is 6.58 Å². The van der Waals surface area contributed by atoms with Crippen LogP contribution in [0.3, 0.4) is 0 Å². The first-order valence-electron chi connectivity index (χ1n) is 22.5. The minimum absolute atomic E-state index is 0.0775. The summed E-state index contributed by atoms with van der Waals surface area (Å²) in [5, 5.41) is 24.9. The molecule has 0 radical (unpaired) electrons. The Morgan fingerprint density at radius 3 is 2.62 bits per heavy atom. The average Bonchev–Trinajstić information content (AvgIpc) is 3.99. The molecule has 2 N–H and O–H groups in total. The molecule has 3 fully saturated rings. The highest BCUT2D eigenvalue weighted by atomic mass is 16.8. The SMILES string of the molecule is C=CCOC12Oc3ccc(OCCN4CC4)cc3C3C(CCCCO)C(CCCCO)C=C(C(=NOC4CCCCO4)CC1N(Cc1ccc4c(c1)OCO4)C(=O)OCC)C32. The smallest absolute Gasteiger partial charge is 0.410 e. The van der Waals surface area contributed by atoms with Crippen LogP contribution in [0.1, 0.15) is 88.2 Å². The second kappa shape index (κ2) is 20.2. The van der Waals surface area contributed by atoms with E-state index in [-0.39, 0.29) is 63.9 Å². The Balaban J connectivity index is 1.30. The predicted octanol–water partition coefficient (Wildman–Crippen LogP) is 6.93. The van der Waals surface area contributed by atoms with Crippen molar-refractivity contribution < 1.29 is 53.0 Å². The molecule has 332 valence electrons. The lowest BCUT2D eigenvalue weighted by atomic mass is 9.55. The van der Waals surface area contributed by atoms with E-state index in [1.807, 2.05) is 30.3 Å². The van der Waals surface area contributed by atoms with Crippen molar-refractivity contribution in [1.29, 1.82) is 0 Å². The van der Waals surface area contributed by atoms with Gasteiger partial charge in [0.25, 0.3) is 0 Å². The van der Waals surface area contributed by atoms with Gasteiger partial charge in [0, 0.05) is 63.7 Å². The van der Waals surface area contributed by atoms with Crippen LogP contribution < -0.4 is 18.9 Å². The largest absolute Gasteiger partial charge is 0.492 e. The number of unbranched alkanes of at least 4 members (excludes halogenated alkanes) is 2. The van der Waals surface area contributed by atoms with Gasteiger partial charge < -0.3 is 48.2 Å². The minimum atomic E-state index is -1.44. The molecule has 8 rings (SSSR count). The van der Waals surface area contributed by atoms with Crippen LogP contribution in [0.15, 0.2) is 65.9 Å². The first kappa shape index (κ1) is 43.3. The number of benzene rings is 2. The van der Waals surface area contributed by atoms with Crippen LogP contribution >= 0.6 is 0 Å². The van der Waals surface area contributed by atoms with Crippen LogP contribution in [0.4, 0.5) is 4.79 Å². The van der Waals surface area contributed by atoms with Gasteiger partial charge in [-0.1, -0.05) is 36.2 Å². The van der Waals surface area contributed by atoms with Gasteiger partial charge >= 0.3 is 6.09 Å². The van der Waals surface area contributed by atoms with E-state index in [4.69, 9.17) is 43.2 Å². The summed E-state index contributed by atoms with van der Waals surface area (Å²) in [6.07, 6.45) is 10.7. The fourth-order valence-electron chi connectivity index (χ4n) is 9.99. The molecule has 0 aromatic heterocycles. The Morgan fingerprint density at radius 1 is 1.03 bits per heavy atom. The van der Waals surface area contributed by atoms with Gasteiger partial charge in [-0.2, -0.15) is 0 Å². The van der Waals surface area contributed by atoms with Crippen LogP contribution in [-0.2, 0) is 25.6 Å². The van der Waals surface area contributed by atoms with Crippen molar-refractivity contribution >= 4 is 11.8 Å². The summed E-state index contributed by atoms with van der Waals surface area (Å²) in [7, 11) is 0. The molecule has 1 saturated carbocycles. The average molecular weight is 846 g/mol. The van der Waals surface area contributed by atoms with Gasteiger partial charge in [-0.05, 0) is 98.8 Å². The molecular weight excluding hydrogens is 783 g/mol. The van der Waals surface area contributed by atoms with E-state index in [1.165, 1.54) is 0 Å². The summed E-state index contributed by atoms with van der Waals surface area (Å²) in [6.45, 7) is 10.9. The van der Waals surface area contributed by atoms with Gasteiger partial charge in [-0.25, -0.2) is 4.79 Å². The van der Waals surface area contributed by atoms with Crippen molar-refractivity contribution in [3.8, 4) is 23.0 Å². The van der Waals surface area contributed by atoms with Gasteiger partial charge in [0.05, 0.1) is 31.5 Å². The summed E-state index contributed by atoms with van der Waals surface area (Å²) in [5.74, 6) is 0.764. The number of hydrogen-bond acceptors (Lipinski definition) is 13. The number of hydrogen-bond donors (Lipinski definition) is 2. The Hall–Kier alpha value is -4.34. The number of carbonyl (C=O) groups excluding carboxylic acids is 1. The Labute approximate surface area is 359 Å². The summed E-state index contributed by atoms with van der Waals surface area (Å²) in [5.41, 5.74) is 3.48. The lowest BCUT2D eigenvalue weighted by Crippen LogP contribution is -2.70. The van der Waals surface area contributed by atoms with Crippen molar-refractivity contribution in [2.45, 2.75) is 102 Å². The number of ether oxygens (including phenoxy) is 7. The third-order valence-corrected chi connectivity index (χ3v) is 12.9. The lowest BCUT2D eigenvalue weighted by Gasteiger charge is -2.59. The molecule has 0 spiro atoms. The van der Waals surface area contributed by atoms with Gasteiger partial charge in [0.15, 0.2) is 11.5 Å². The van der Waals surface area contributed by atoms with E-state index >= 15 is 0 Å². The molecule has 14 nitrogen and oxygen atoms in total. The fourth-order valence-corrected chi connectivity index (χ4v) is 9.99. The number of oxime groups is 1. The molecule has 4 heterocycles. The molecule has 6 aliphatic rings. The van der Waals surface area contributed by atoms with Crippen molar-refractivity contribution in [2.24, 2.45) is 22.9 Å². The van der Waals surface area contributed by atoms with E-state index < -0.39 is 30.1 Å². The second-order valence-corrected chi connectivity index (χ2v) is 16.9. The quantitative estimate of drug-likeness (QED) is 0.0581. The lowest BCUT2D eigenvalue weighted by molar-refractivity contribution is -0.256. The first-order chi connectivity index (χ1) is 30.0. The topological polar surface area (TPSA) is 150 Å². The van der Waals surface area contributed by atoms with Crippen LogP contribution in [0.2, 0.25) is 0 Å². The maximum atomic E-state index is 14.6. The van der Waals surface area contributed by atoms with E-state index in [2.05, 4.69) is 23.6 Å². The Morgan fingerprint density at radius 2 is 1.85 bits per heavy atom. The third kappa shape index (κ3) is 9.68. The zero-order valence-electron chi connectivity index (χ0n) is 35.5. The van der Waals surface area contributed by atoms with E-state index in [0.29, 0.717) is 49.0 Å². The van der Waals surface area contributed by atoms with Crippen molar-refractivity contribution in [3.05, 3.63) is 71.8 Å². The summed E-state index contributed by atoms with van der Waals surface area (Å²) in [4.78, 5) is 24.9. The molecule has 2 saturated heterocycles. The van der Waals surface area contributed by atoms with E-state index in [0.717, 1.165) is 87.0 Å². The number of aliphatic hydroxyl groups is 2. The maximum Gasteiger partial charge on any atom is 0.410 e. The third-order valence-electron chi connectivity index (χ3n) is 12.9. The van der Waals surface area contributed by atoms with Crippen molar-refractivity contribution in [3.63, 3.8) is 0 Å². The number of carbonyl (C=O) groups is 1. The normalized spacial score (nSPS) is 27.9. The molecule has 2 aliphatic carbocycles. The van der Waals surface area contributed by atoms with Crippen LogP contribution in [0, 0.1) is 17.8 Å². The molecular formula is C47H63N3O11. The van der Waals surface area contributed by atoms with Gasteiger partial charge in [-0.3, -0.25) is 9.80 Å². The summed E-state index contributed by atoms with van der Waals surface area (Å²) in [6, 6.07) is 11.0. The van der Waals surface area contributed by atoms with Crippen LogP contribution in [-0.4, -0.2) is 116 Å². The Bertz CT molecular complexity index is 1880. The fraction of sp³-hybridized carbons (Fsp3) is 0.617. The number of rotatable bonds is 21. The number of fused-ring (bicyclic) bond motifs is 3. The molecule has 14 heteroatoms. The highest BCUT2D eigenvalue weighted by Gasteiger charge is 2.65. The highest BCUT2D eigenvalue weighted by Crippen LogP contribution is 2.62. The van der Waals surface area contributed by atoms with E-state index in [1.54, 1.807) is 17.9 Å². The second-order valence-electron chi connectivity index (χ2n) is 16.9. The maximum absolute atomic E-state index is 14.6. The molecule has 1 amide bonds. The number of amides is 1. The molecule has 0 bridgehead atoms. The number of nitrogens with zero attached hydrogens (tertiary/aromatic N) is 3. The number of aliphatic hydroxyl groups excluding tert-OH is 2. The molecule has 7 unspecified atom stereocenters. The minimum Gasteiger partial charge on any atom is -0.492 e. The van der Waals surface area contributed by atoms with Crippen molar-refractivity contribution in [1.82, 2.24) is 9.80 Å². The summed E-state index contributed by atoms with van der Waals surface area (Å²) < 4.78 is 44.2. The number of allylic oxidation sites excluding steroid dienone is 1. The first-order valence-corrected chi connectivity index (χ1v) is 22.5. The Kier molecular flexibility index (Phi) is 14.4. The standard InChI is InChI=1S/C47H63N3O11/c1-3-23-59-47-42(50(46(53)54-4-2)30-32-14-16-40-41(26-32)58-31-57-40)29-38(48-61-43-13-7-10-24-56-43)36-27-33(11-5-8-21-51)35(12-6-9-22-52)44(45(36)47)37-28-34(15-17-39(37)60-47)55-25-20-49-18-19-49/h3,14-17,26-28,33,35,42-45,51-52H,1,4-13,18-25,29-31H2,2H3. The van der Waals surface area contributed by atoms with E-state index in [9.17, 15) is 15.0 Å². The molecule has 2 aromatic carbocycles. The zero-order chi connectivity index (χ0) is 42.2. The van der Waals surface area contributed by atoms with Crippen LogP contribution in [0.25, 0.3) is 0 Å². The molecule has 2 aromatic rings. The zero-order valence-corrected chi connectivity index (χ0v) is 35.5. The van der Waals surface area contributed by atoms with Gasteiger partial charge in [0.2, 0.25) is 18.9 Å². The monoisotopic (exact) mass is 845 g/mol. The molecule has 4 aliphatic heterocycles. The highest BCUT2D eigenvalue weighted by molar-refractivity contribution is 6.03. The van der Waals surface area contributed by atoms with Gasteiger partial charge in [0.1, 0.15) is 24.1 Å². The molecule has 7 atom stereocenters. The molecule has 61 heavy (non-hydrogen) atoms.